The molecule has 0 N–H and O–H groups in total. The molecule has 106 valence electrons. The summed E-state index contributed by atoms with van der Waals surface area (Å²) in [6.07, 6.45) is 0.768. The first-order chi connectivity index (χ1) is 9.31. The predicted octanol–water partition coefficient (Wildman–Crippen LogP) is 4.56. The molecular formula is C14H11F3INO. The van der Waals surface area contributed by atoms with Crippen LogP contribution in [0.4, 0.5) is 13.2 Å². The second-order valence-corrected chi connectivity index (χ2v) is 8.84. The van der Waals surface area contributed by atoms with Crippen molar-refractivity contribution in [2.45, 2.75) is 20.2 Å². The molecule has 20 heavy (non-hydrogen) atoms. The number of alkyl halides is 3. The summed E-state index contributed by atoms with van der Waals surface area (Å²) in [4.78, 5) is 0. The Balaban J connectivity index is 2.25. The molecule has 1 heterocycles. The zero-order valence-electron chi connectivity index (χ0n) is 10.8. The number of halogens is 4. The van der Waals surface area contributed by atoms with Gasteiger partial charge in [-0.05, 0) is 0 Å². The van der Waals surface area contributed by atoms with Gasteiger partial charge in [0.1, 0.15) is 0 Å². The van der Waals surface area contributed by atoms with E-state index < -0.39 is 26.5 Å². The second kappa shape index (κ2) is 5.48. The third kappa shape index (κ3) is 3.15. The van der Waals surface area contributed by atoms with Gasteiger partial charge in [0.2, 0.25) is 0 Å². The fraction of sp³-hybridized carbons (Fsp3) is 0.214. The van der Waals surface area contributed by atoms with E-state index in [9.17, 15) is 13.2 Å². The van der Waals surface area contributed by atoms with Gasteiger partial charge in [-0.1, -0.05) is 0 Å². The molecule has 0 spiro atoms. The number of hydrogen-bond donors (Lipinski definition) is 0. The molecule has 0 aromatic heterocycles. The van der Waals surface area contributed by atoms with Crippen LogP contribution in [0, 0.1) is 15.9 Å². The molecule has 0 amide bonds. The Bertz CT molecular complexity index is 623. The zero-order valence-corrected chi connectivity index (χ0v) is 12.9. The average molecular weight is 393 g/mol. The van der Waals surface area contributed by atoms with E-state index in [4.69, 9.17) is 6.42 Å². The van der Waals surface area contributed by atoms with Gasteiger partial charge in [0, 0.05) is 0 Å². The number of nitrogens with zero attached hydrogens (tertiary/aromatic N) is 1. The molecule has 2 nitrogen and oxygen atoms in total. The standard InChI is InChI=1S/C14H11F3INO/c1-4-13-9(2)18(19-10(13)3)11-5-7-12(8-6-11)20-14(15,16)17/h1,5-8H,2-3H3. The molecule has 2 rings (SSSR count). The van der Waals surface area contributed by atoms with Gasteiger partial charge < -0.3 is 0 Å². The Labute approximate surface area is 122 Å². The van der Waals surface area contributed by atoms with Crippen LogP contribution in [0.5, 0.6) is 5.75 Å². The van der Waals surface area contributed by atoms with Crippen LogP contribution in [-0.2, 0) is 0 Å². The topological polar surface area (TPSA) is 21.6 Å². The second-order valence-electron chi connectivity index (χ2n) is 3.99. The zero-order chi connectivity index (χ0) is 14.9. The van der Waals surface area contributed by atoms with Gasteiger partial charge >= 0.3 is 122 Å². The van der Waals surface area contributed by atoms with Crippen LogP contribution in [-0.4, -0.2) is 12.1 Å². The molecule has 0 aliphatic carbocycles. The van der Waals surface area contributed by atoms with Crippen LogP contribution in [0.25, 0.3) is 0 Å². The Kier molecular flexibility index (Phi) is 4.09. The molecule has 0 unspecified atom stereocenters. The van der Waals surface area contributed by atoms with Gasteiger partial charge in [0.25, 0.3) is 0 Å². The first-order valence-corrected chi connectivity index (χ1v) is 8.73. The van der Waals surface area contributed by atoms with E-state index in [1.807, 2.05) is 13.8 Å². The van der Waals surface area contributed by atoms with Gasteiger partial charge in [-0.15, -0.1) is 0 Å². The Hall–Kier alpha value is -1.49. The Morgan fingerprint density at radius 3 is 2.25 bits per heavy atom. The van der Waals surface area contributed by atoms with Crippen molar-refractivity contribution in [1.82, 2.24) is 0 Å². The quantitative estimate of drug-likeness (QED) is 0.534. The molecule has 1 aromatic rings. The molecule has 0 saturated heterocycles. The minimum absolute atomic E-state index is 0.226. The first kappa shape index (κ1) is 14.9. The van der Waals surface area contributed by atoms with Crippen molar-refractivity contribution in [3.05, 3.63) is 37.0 Å². The predicted molar refractivity (Wildman–Crippen MR) is 80.5 cm³/mol. The number of allylic oxidation sites excluding steroid dienone is 2. The summed E-state index contributed by atoms with van der Waals surface area (Å²) < 4.78 is 46.7. The van der Waals surface area contributed by atoms with Crippen LogP contribution in [0.2, 0.25) is 0 Å². The molecule has 1 aliphatic heterocycles. The summed E-state index contributed by atoms with van der Waals surface area (Å²) >= 11 is -1.95. The fourth-order valence-electron chi connectivity index (χ4n) is 1.74. The third-order valence-corrected chi connectivity index (χ3v) is 7.76. The van der Waals surface area contributed by atoms with E-state index in [2.05, 4.69) is 13.9 Å². The number of ether oxygens (including phenoxy) is 1. The van der Waals surface area contributed by atoms with E-state index in [-0.39, 0.29) is 5.75 Å². The third-order valence-electron chi connectivity index (χ3n) is 2.58. The summed E-state index contributed by atoms with van der Waals surface area (Å²) in [6, 6.07) is 5.88. The maximum absolute atomic E-state index is 12.1. The van der Waals surface area contributed by atoms with Crippen molar-refractivity contribution in [2.75, 3.05) is 0 Å². The molecule has 6 heteroatoms. The SMILES string of the molecule is C#CC1=C(C)I(c2ccc(OC(F)(F)F)cc2)N=C1C. The van der Waals surface area contributed by atoms with E-state index in [1.54, 1.807) is 12.1 Å². The van der Waals surface area contributed by atoms with E-state index in [0.717, 1.165) is 18.4 Å². The molecule has 1 aliphatic rings. The van der Waals surface area contributed by atoms with Gasteiger partial charge in [-0.3, -0.25) is 0 Å². The van der Waals surface area contributed by atoms with Crippen molar-refractivity contribution >= 4 is 25.8 Å². The summed E-state index contributed by atoms with van der Waals surface area (Å²) in [5, 5.41) is 0. The first-order valence-electron chi connectivity index (χ1n) is 5.61. The van der Waals surface area contributed by atoms with Crippen LogP contribution in [0.15, 0.2) is 36.6 Å². The number of hydrogen-bond acceptors (Lipinski definition) is 2. The van der Waals surface area contributed by atoms with Crippen molar-refractivity contribution in [1.29, 1.82) is 0 Å². The summed E-state index contributed by atoms with van der Waals surface area (Å²) in [5.41, 5.74) is 1.66. The summed E-state index contributed by atoms with van der Waals surface area (Å²) in [6.45, 7) is 3.80. The van der Waals surface area contributed by atoms with E-state index >= 15 is 0 Å². The number of rotatable bonds is 2. The van der Waals surface area contributed by atoms with Crippen molar-refractivity contribution in [3.63, 3.8) is 0 Å². The maximum atomic E-state index is 12.1. The molecule has 1 aromatic carbocycles. The molecule has 0 fully saturated rings. The number of benzene rings is 1. The normalized spacial score (nSPS) is 17.0. The van der Waals surface area contributed by atoms with Crippen LogP contribution in [0.3, 0.4) is 0 Å². The average Bonchev–Trinajstić information content (AvgIpc) is 2.63. The summed E-state index contributed by atoms with van der Waals surface area (Å²) in [5.74, 6) is 2.39. The van der Waals surface area contributed by atoms with Crippen molar-refractivity contribution < 1.29 is 17.9 Å². The number of terminal acetylenes is 1. The monoisotopic (exact) mass is 393 g/mol. The van der Waals surface area contributed by atoms with Crippen LogP contribution < -0.4 is 4.74 Å². The van der Waals surface area contributed by atoms with Gasteiger partial charge in [0.15, 0.2) is 0 Å². The van der Waals surface area contributed by atoms with E-state index in [0.29, 0.717) is 0 Å². The van der Waals surface area contributed by atoms with Gasteiger partial charge in [0.05, 0.1) is 0 Å². The van der Waals surface area contributed by atoms with Gasteiger partial charge in [-0.25, -0.2) is 0 Å². The minimum atomic E-state index is -4.67. The Morgan fingerprint density at radius 2 is 1.80 bits per heavy atom. The molecule has 0 bridgehead atoms. The molecule has 0 atom stereocenters. The van der Waals surface area contributed by atoms with Gasteiger partial charge in [-0.2, -0.15) is 0 Å². The fourth-order valence-corrected chi connectivity index (χ4v) is 6.38. The van der Waals surface area contributed by atoms with Crippen molar-refractivity contribution in [3.8, 4) is 18.1 Å². The van der Waals surface area contributed by atoms with E-state index in [1.165, 1.54) is 12.1 Å². The van der Waals surface area contributed by atoms with Crippen LogP contribution >= 0.6 is 20.1 Å². The molecular weight excluding hydrogens is 382 g/mol. The van der Waals surface area contributed by atoms with Crippen LogP contribution in [0.1, 0.15) is 13.8 Å². The summed E-state index contributed by atoms with van der Waals surface area (Å²) in [7, 11) is 0. The molecule has 0 radical (unpaired) electrons. The van der Waals surface area contributed by atoms with Crippen molar-refractivity contribution in [2.24, 2.45) is 3.21 Å². The Morgan fingerprint density at radius 1 is 1.20 bits per heavy atom. The molecule has 0 saturated carbocycles.